The van der Waals surface area contributed by atoms with E-state index < -0.39 is 0 Å². The van der Waals surface area contributed by atoms with Crippen LogP contribution in [0.3, 0.4) is 0 Å². The van der Waals surface area contributed by atoms with Crippen molar-refractivity contribution in [3.05, 3.63) is 0 Å². The van der Waals surface area contributed by atoms with Gasteiger partial charge in [-0.25, -0.2) is 4.79 Å². The first-order chi connectivity index (χ1) is 6.31. The van der Waals surface area contributed by atoms with Crippen LogP contribution >= 0.6 is 0 Å². The minimum Gasteiger partial charge on any atom is -0.396 e. The van der Waals surface area contributed by atoms with Gasteiger partial charge in [0.05, 0.1) is 0 Å². The molecule has 5 nitrogen and oxygen atoms in total. The van der Waals surface area contributed by atoms with Crippen molar-refractivity contribution in [2.24, 2.45) is 0 Å². The molecule has 0 aromatic carbocycles. The molecule has 0 aromatic heterocycles. The van der Waals surface area contributed by atoms with E-state index in [2.05, 4.69) is 15.4 Å². The van der Waals surface area contributed by atoms with Crippen molar-refractivity contribution in [2.45, 2.75) is 19.3 Å². The quantitative estimate of drug-likeness (QED) is 0.392. The number of aliphatic hydroxyl groups excluding tert-OH is 1. The van der Waals surface area contributed by atoms with E-state index in [-0.39, 0.29) is 19.4 Å². The van der Waals surface area contributed by atoms with E-state index in [9.17, 15) is 4.79 Å². The average molecular weight is 190 g/mol. The number of unbranched alkanes of at least 4 members (excludes halogenated alkanes) is 2. The number of rotatable bonds is 7. The molecule has 78 valence electrons. The summed E-state index contributed by atoms with van der Waals surface area (Å²) >= 11 is 0. The average Bonchev–Trinajstić information content (AvgIpc) is 2.14. The summed E-state index contributed by atoms with van der Waals surface area (Å²) in [4.78, 5) is 10.9. The summed E-state index contributed by atoms with van der Waals surface area (Å²) in [5.74, 6) is 0. The number of amides is 2. The highest BCUT2D eigenvalue weighted by Gasteiger charge is 1.96. The molecular weight excluding hydrogens is 172 g/mol. The summed E-state index contributed by atoms with van der Waals surface area (Å²) in [5, 5.41) is 13.6. The Morgan fingerprint density at radius 2 is 2.08 bits per heavy atom. The first-order valence-corrected chi connectivity index (χ1v) is 4.42. The first-order valence-electron chi connectivity index (χ1n) is 4.42. The Kier molecular flexibility index (Phi) is 8.70. The van der Waals surface area contributed by atoms with Crippen LogP contribution in [-0.2, 0) is 4.74 Å². The predicted molar refractivity (Wildman–Crippen MR) is 49.3 cm³/mol. The summed E-state index contributed by atoms with van der Waals surface area (Å²) in [5.41, 5.74) is 0. The van der Waals surface area contributed by atoms with Crippen molar-refractivity contribution in [1.29, 1.82) is 0 Å². The van der Waals surface area contributed by atoms with Crippen LogP contribution in [0.1, 0.15) is 19.3 Å². The fraction of sp³-hybridized carbons (Fsp3) is 0.875. The molecule has 0 unspecified atom stereocenters. The molecule has 0 saturated heterocycles. The number of urea groups is 1. The highest BCUT2D eigenvalue weighted by Crippen LogP contribution is 1.91. The Hall–Kier alpha value is -0.810. The molecule has 0 bridgehead atoms. The minimum absolute atomic E-state index is 0.217. The largest absolute Gasteiger partial charge is 0.396 e. The number of ether oxygens (including phenoxy) is 1. The second kappa shape index (κ2) is 9.28. The number of methoxy groups -OCH3 is 1. The van der Waals surface area contributed by atoms with Gasteiger partial charge in [0, 0.05) is 20.3 Å². The molecule has 13 heavy (non-hydrogen) atoms. The van der Waals surface area contributed by atoms with E-state index in [1.807, 2.05) is 0 Å². The second-order valence-corrected chi connectivity index (χ2v) is 2.65. The minimum atomic E-state index is -0.217. The highest BCUT2D eigenvalue weighted by atomic mass is 16.5. The van der Waals surface area contributed by atoms with Gasteiger partial charge in [-0.2, -0.15) is 0 Å². The van der Waals surface area contributed by atoms with Crippen molar-refractivity contribution in [1.82, 2.24) is 10.6 Å². The maximum absolute atomic E-state index is 10.9. The van der Waals surface area contributed by atoms with Gasteiger partial charge in [0.15, 0.2) is 0 Å². The van der Waals surface area contributed by atoms with Crippen molar-refractivity contribution in [2.75, 3.05) is 27.0 Å². The van der Waals surface area contributed by atoms with Crippen LogP contribution in [0.2, 0.25) is 0 Å². The van der Waals surface area contributed by atoms with Crippen LogP contribution in [0, 0.1) is 0 Å². The van der Waals surface area contributed by atoms with Gasteiger partial charge < -0.3 is 20.5 Å². The maximum atomic E-state index is 10.9. The molecule has 0 rings (SSSR count). The van der Waals surface area contributed by atoms with Crippen LogP contribution in [-0.4, -0.2) is 38.1 Å². The molecule has 0 spiro atoms. The van der Waals surface area contributed by atoms with E-state index in [1.54, 1.807) is 0 Å². The standard InChI is InChI=1S/C8H18N2O3/c1-13-7-10-8(12)9-5-3-2-4-6-11/h11H,2-7H2,1H3,(H2,9,10,12). The van der Waals surface area contributed by atoms with E-state index in [4.69, 9.17) is 5.11 Å². The maximum Gasteiger partial charge on any atom is 0.316 e. The fourth-order valence-electron chi connectivity index (χ4n) is 0.816. The highest BCUT2D eigenvalue weighted by molar-refractivity contribution is 5.73. The van der Waals surface area contributed by atoms with E-state index in [0.29, 0.717) is 6.54 Å². The molecule has 0 radical (unpaired) electrons. The molecule has 5 heteroatoms. The SMILES string of the molecule is COCNC(=O)NCCCCCO. The number of carbonyl (C=O) groups excluding carboxylic acids is 1. The molecule has 0 heterocycles. The Labute approximate surface area is 78.5 Å². The third-order valence-corrected chi connectivity index (χ3v) is 1.50. The van der Waals surface area contributed by atoms with Gasteiger partial charge in [-0.15, -0.1) is 0 Å². The van der Waals surface area contributed by atoms with Gasteiger partial charge in [0.1, 0.15) is 6.73 Å². The Balaban J connectivity index is 3.08. The van der Waals surface area contributed by atoms with Crippen molar-refractivity contribution in [3.63, 3.8) is 0 Å². The summed E-state index contributed by atoms with van der Waals surface area (Å²) < 4.78 is 4.65. The number of nitrogens with one attached hydrogen (secondary N) is 2. The zero-order valence-electron chi connectivity index (χ0n) is 8.01. The van der Waals surface area contributed by atoms with E-state index in [0.717, 1.165) is 19.3 Å². The zero-order valence-corrected chi connectivity index (χ0v) is 8.01. The summed E-state index contributed by atoms with van der Waals surface area (Å²) in [7, 11) is 1.52. The molecule has 2 amide bonds. The van der Waals surface area contributed by atoms with Crippen molar-refractivity contribution >= 4 is 6.03 Å². The van der Waals surface area contributed by atoms with Crippen LogP contribution in [0.25, 0.3) is 0 Å². The lowest BCUT2D eigenvalue weighted by molar-refractivity contribution is 0.172. The molecule has 0 saturated carbocycles. The predicted octanol–water partition coefficient (Wildman–Crippen LogP) is 0.0521. The normalized spacial score (nSPS) is 9.69. The Bertz CT molecular complexity index is 131. The van der Waals surface area contributed by atoms with Gasteiger partial charge in [-0.1, -0.05) is 0 Å². The van der Waals surface area contributed by atoms with Crippen molar-refractivity contribution < 1.29 is 14.6 Å². The third-order valence-electron chi connectivity index (χ3n) is 1.50. The topological polar surface area (TPSA) is 70.6 Å². The van der Waals surface area contributed by atoms with Gasteiger partial charge in [-0.05, 0) is 19.3 Å². The van der Waals surface area contributed by atoms with Crippen LogP contribution in [0.4, 0.5) is 4.79 Å². The molecule has 0 aliphatic heterocycles. The Morgan fingerprint density at radius 1 is 1.31 bits per heavy atom. The van der Waals surface area contributed by atoms with Gasteiger partial charge >= 0.3 is 6.03 Å². The monoisotopic (exact) mass is 190 g/mol. The molecule has 3 N–H and O–H groups in total. The number of aliphatic hydroxyl groups is 1. The van der Waals surface area contributed by atoms with Crippen LogP contribution < -0.4 is 10.6 Å². The van der Waals surface area contributed by atoms with Gasteiger partial charge in [0.25, 0.3) is 0 Å². The van der Waals surface area contributed by atoms with Crippen LogP contribution in [0.5, 0.6) is 0 Å². The molecule has 0 fully saturated rings. The Morgan fingerprint density at radius 3 is 2.69 bits per heavy atom. The third kappa shape index (κ3) is 9.10. The molecular formula is C8H18N2O3. The molecule has 0 aromatic rings. The van der Waals surface area contributed by atoms with Crippen LogP contribution in [0.15, 0.2) is 0 Å². The smallest absolute Gasteiger partial charge is 0.316 e. The number of carbonyl (C=O) groups is 1. The lowest BCUT2D eigenvalue weighted by Gasteiger charge is -2.05. The van der Waals surface area contributed by atoms with E-state index >= 15 is 0 Å². The summed E-state index contributed by atoms with van der Waals surface area (Å²) in [6.07, 6.45) is 2.61. The molecule has 0 aliphatic carbocycles. The summed E-state index contributed by atoms with van der Waals surface area (Å²) in [6, 6.07) is -0.217. The fourth-order valence-corrected chi connectivity index (χ4v) is 0.816. The second-order valence-electron chi connectivity index (χ2n) is 2.65. The number of hydrogen-bond acceptors (Lipinski definition) is 3. The van der Waals surface area contributed by atoms with Gasteiger partial charge in [0.2, 0.25) is 0 Å². The first kappa shape index (κ1) is 12.2. The zero-order chi connectivity index (χ0) is 9.94. The van der Waals surface area contributed by atoms with Gasteiger partial charge in [-0.3, -0.25) is 0 Å². The van der Waals surface area contributed by atoms with E-state index in [1.165, 1.54) is 7.11 Å². The molecule has 0 atom stereocenters. The lowest BCUT2D eigenvalue weighted by Crippen LogP contribution is -2.36. The molecule has 0 aliphatic rings. The summed E-state index contributed by atoms with van der Waals surface area (Å²) in [6.45, 7) is 1.08. The number of hydrogen-bond donors (Lipinski definition) is 3. The van der Waals surface area contributed by atoms with Crippen molar-refractivity contribution in [3.8, 4) is 0 Å². The lowest BCUT2D eigenvalue weighted by atomic mass is 10.2.